The van der Waals surface area contributed by atoms with E-state index in [4.69, 9.17) is 38.8 Å². The molecule has 3 aromatic carbocycles. The van der Waals surface area contributed by atoms with E-state index in [1.807, 2.05) is 60.7 Å². The molecule has 3 aromatic heterocycles. The first kappa shape index (κ1) is 38.1. The molecule has 56 heavy (non-hydrogen) atoms. The van der Waals surface area contributed by atoms with E-state index >= 15 is 4.79 Å². The highest BCUT2D eigenvalue weighted by molar-refractivity contribution is 6.35. The number of carbonyl (C=O) groups is 2. The van der Waals surface area contributed by atoms with Gasteiger partial charge in [-0.25, -0.2) is 0 Å². The Morgan fingerprint density at radius 3 is 2.41 bits per heavy atom. The average Bonchev–Trinajstić information content (AvgIpc) is 3.94. The van der Waals surface area contributed by atoms with E-state index in [1.165, 1.54) is 12.8 Å². The van der Waals surface area contributed by atoms with Gasteiger partial charge in [0.25, 0.3) is 5.91 Å². The first-order valence-corrected chi connectivity index (χ1v) is 20.3. The van der Waals surface area contributed by atoms with E-state index < -0.39 is 5.91 Å². The topological polar surface area (TPSA) is 104 Å². The number of carbonyl (C=O) groups excluding carboxylic acids is 2. The van der Waals surface area contributed by atoms with Crippen LogP contribution in [0.1, 0.15) is 81.2 Å². The van der Waals surface area contributed by atoms with Crippen LogP contribution in [0.5, 0.6) is 5.75 Å². The van der Waals surface area contributed by atoms with Gasteiger partial charge in [0.15, 0.2) is 0 Å². The van der Waals surface area contributed by atoms with Crippen molar-refractivity contribution in [3.63, 3.8) is 0 Å². The van der Waals surface area contributed by atoms with Gasteiger partial charge in [-0.1, -0.05) is 29.3 Å². The molecule has 2 aliphatic heterocycles. The number of fused-ring (bicyclic) bond motifs is 4. The van der Waals surface area contributed by atoms with Crippen LogP contribution < -0.4 is 15.4 Å². The fraction of sp³-hybridized carbons (Fsp3) is 0.386. The third kappa shape index (κ3) is 6.55. The van der Waals surface area contributed by atoms with Crippen molar-refractivity contribution in [2.45, 2.75) is 72.9 Å². The summed E-state index contributed by atoms with van der Waals surface area (Å²) in [5.41, 5.74) is 15.4. The first-order valence-electron chi connectivity index (χ1n) is 19.6. The number of halogens is 2. The van der Waals surface area contributed by atoms with Crippen LogP contribution in [0.4, 0.5) is 5.82 Å². The van der Waals surface area contributed by atoms with Gasteiger partial charge in [0.05, 0.1) is 29.4 Å². The molecule has 1 fully saturated rings. The molecule has 2 aliphatic rings. The van der Waals surface area contributed by atoms with Crippen LogP contribution in [-0.4, -0.2) is 68.4 Å². The van der Waals surface area contributed by atoms with Gasteiger partial charge in [0, 0.05) is 69.9 Å². The lowest BCUT2D eigenvalue weighted by atomic mass is 9.98. The lowest BCUT2D eigenvalue weighted by molar-refractivity contribution is 0.0954. The number of likely N-dealkylation sites (tertiary alicyclic amines) is 1. The lowest BCUT2D eigenvalue weighted by Crippen LogP contribution is -2.43. The predicted molar refractivity (Wildman–Crippen MR) is 226 cm³/mol. The number of ether oxygens (including phenoxy) is 1. The summed E-state index contributed by atoms with van der Waals surface area (Å²) in [4.78, 5) is 31.5. The number of nitrogens with zero attached hydrogens (tertiary/aromatic N) is 6. The number of nitrogens with two attached hydrogens (primary N) is 1. The second-order valence-corrected chi connectivity index (χ2v) is 16.4. The Morgan fingerprint density at radius 1 is 0.964 bits per heavy atom. The van der Waals surface area contributed by atoms with Crippen LogP contribution in [0.15, 0.2) is 48.5 Å². The summed E-state index contributed by atoms with van der Waals surface area (Å²) in [6.07, 6.45) is 3.79. The molecule has 0 aliphatic carbocycles. The Hall–Kier alpha value is -4.77. The fourth-order valence-electron chi connectivity index (χ4n) is 9.06. The van der Waals surface area contributed by atoms with Crippen LogP contribution in [0.25, 0.3) is 32.9 Å². The summed E-state index contributed by atoms with van der Waals surface area (Å²) < 4.78 is 12.6. The molecule has 5 heterocycles. The van der Waals surface area contributed by atoms with Crippen LogP contribution in [0.3, 0.4) is 0 Å². The maximum Gasteiger partial charge on any atom is 0.276 e. The smallest absolute Gasteiger partial charge is 0.276 e. The normalized spacial score (nSPS) is 16.1. The number of hydrogen-bond acceptors (Lipinski definition) is 5. The molecule has 8 rings (SSSR count). The van der Waals surface area contributed by atoms with Gasteiger partial charge >= 0.3 is 0 Å². The molecule has 1 atom stereocenters. The summed E-state index contributed by atoms with van der Waals surface area (Å²) in [6, 6.07) is 15.2. The minimum atomic E-state index is -0.489. The molecule has 2 amide bonds. The largest absolute Gasteiger partial charge is 0.494 e. The van der Waals surface area contributed by atoms with Crippen molar-refractivity contribution in [3.8, 4) is 16.9 Å². The third-order valence-corrected chi connectivity index (χ3v) is 12.8. The highest BCUT2D eigenvalue weighted by Gasteiger charge is 2.38. The highest BCUT2D eigenvalue weighted by atomic mass is 35.5. The summed E-state index contributed by atoms with van der Waals surface area (Å²) in [5, 5.41) is 8.28. The summed E-state index contributed by atoms with van der Waals surface area (Å²) >= 11 is 13.7. The quantitative estimate of drug-likeness (QED) is 0.132. The van der Waals surface area contributed by atoms with E-state index in [-0.39, 0.29) is 11.9 Å². The van der Waals surface area contributed by atoms with Crippen LogP contribution in [0, 0.1) is 27.7 Å². The monoisotopic (exact) mass is 793 g/mol. The van der Waals surface area contributed by atoms with E-state index in [1.54, 1.807) is 12.1 Å². The van der Waals surface area contributed by atoms with Gasteiger partial charge in [-0.15, -0.1) is 0 Å². The van der Waals surface area contributed by atoms with Crippen molar-refractivity contribution < 1.29 is 14.3 Å². The molecule has 0 radical (unpaired) electrons. The molecule has 12 heteroatoms. The molecule has 1 saturated heterocycles. The zero-order chi connectivity index (χ0) is 39.6. The van der Waals surface area contributed by atoms with E-state index in [9.17, 15) is 4.79 Å². The number of rotatable bonds is 11. The number of anilines is 1. The van der Waals surface area contributed by atoms with Crippen molar-refractivity contribution >= 4 is 62.6 Å². The number of benzene rings is 3. The number of hydrogen-bond donors (Lipinski definition) is 1. The molecule has 6 aromatic rings. The zero-order valence-electron chi connectivity index (χ0n) is 33.0. The van der Waals surface area contributed by atoms with Gasteiger partial charge < -0.3 is 24.5 Å². The molecule has 0 bridgehead atoms. The second kappa shape index (κ2) is 15.0. The Labute approximate surface area is 337 Å². The molecular weight excluding hydrogens is 745 g/mol. The van der Waals surface area contributed by atoms with Gasteiger partial charge in [0.1, 0.15) is 17.3 Å². The van der Waals surface area contributed by atoms with Crippen molar-refractivity contribution in [3.05, 3.63) is 97.9 Å². The van der Waals surface area contributed by atoms with Crippen LogP contribution >= 0.6 is 23.2 Å². The summed E-state index contributed by atoms with van der Waals surface area (Å²) in [7, 11) is 1.95. The predicted octanol–water partition coefficient (Wildman–Crippen LogP) is 8.96. The Balaban J connectivity index is 1.23. The molecule has 10 nitrogen and oxygen atoms in total. The van der Waals surface area contributed by atoms with Crippen LogP contribution in [-0.2, 0) is 20.0 Å². The van der Waals surface area contributed by atoms with Gasteiger partial charge in [-0.3, -0.25) is 19.2 Å². The van der Waals surface area contributed by atoms with Crippen molar-refractivity contribution in [2.75, 3.05) is 37.7 Å². The minimum absolute atomic E-state index is 0.0861. The molecular formula is C44H49Cl2N7O3. The fourth-order valence-corrected chi connectivity index (χ4v) is 9.41. The zero-order valence-corrected chi connectivity index (χ0v) is 34.5. The number of primary amides is 1. The Morgan fingerprint density at radius 2 is 1.70 bits per heavy atom. The maximum absolute atomic E-state index is 15.1. The maximum atomic E-state index is 15.1. The first-order chi connectivity index (χ1) is 26.8. The molecule has 292 valence electrons. The van der Waals surface area contributed by atoms with Gasteiger partial charge in [-0.05, 0) is 133 Å². The van der Waals surface area contributed by atoms with Crippen LogP contribution in [0.2, 0.25) is 10.0 Å². The molecule has 2 N–H and O–H groups in total. The van der Waals surface area contributed by atoms with Crippen molar-refractivity contribution in [1.82, 2.24) is 23.8 Å². The summed E-state index contributed by atoms with van der Waals surface area (Å²) in [5.74, 6) is 0.955. The van der Waals surface area contributed by atoms with E-state index in [2.05, 4.69) is 41.0 Å². The minimum Gasteiger partial charge on any atom is -0.494 e. The van der Waals surface area contributed by atoms with Gasteiger partial charge in [0.2, 0.25) is 5.91 Å². The summed E-state index contributed by atoms with van der Waals surface area (Å²) in [6.45, 7) is 15.3. The number of amides is 2. The molecule has 0 saturated carbocycles. The van der Waals surface area contributed by atoms with E-state index in [0.717, 1.165) is 104 Å². The van der Waals surface area contributed by atoms with Gasteiger partial charge in [-0.2, -0.15) is 5.10 Å². The highest BCUT2D eigenvalue weighted by Crippen LogP contribution is 2.45. The third-order valence-electron chi connectivity index (χ3n) is 11.8. The molecule has 0 unspecified atom stereocenters. The lowest BCUT2D eigenvalue weighted by Gasteiger charge is -2.34. The SMILES string of the molecule is Cc1cc(OCCCc2c3n(c4c(-c5c(C)nn(CCN6CCCC6)c5C)c(Cl)ccc24)[C@H](C)CN(c2cc4cc(C(N)=O)ccc4n2C)C3=O)cc(C)c1Cl. The van der Waals surface area contributed by atoms with Crippen molar-refractivity contribution in [2.24, 2.45) is 12.8 Å². The Kier molecular flexibility index (Phi) is 10.2. The Bertz CT molecular complexity index is 2520. The van der Waals surface area contributed by atoms with E-state index in [0.29, 0.717) is 42.3 Å². The average molecular weight is 795 g/mol. The number of aryl methyl sites for hydroxylation is 5. The van der Waals surface area contributed by atoms with Crippen molar-refractivity contribution in [1.29, 1.82) is 0 Å². The second-order valence-electron chi connectivity index (χ2n) is 15.6. The molecule has 0 spiro atoms. The number of aromatic nitrogens is 4. The standard InChI is InChI=1S/C44H49Cl2N7O3/c1-25-20-32(21-26(2)40(25)46)56-19-9-10-33-34-12-13-35(45)39(38-28(4)48-52(29(38)5)18-17-50-15-7-8-16-50)41(34)53-27(3)24-51(44(55)42(33)53)37-23-31-22-30(43(47)54)11-14-36(31)49(37)6/h11-14,20-23,27H,7-10,15-19,24H2,1-6H3,(H2,47,54)/t27-/m1/s1.